The summed E-state index contributed by atoms with van der Waals surface area (Å²) in [5, 5.41) is 2.70. The Morgan fingerprint density at radius 1 is 1.32 bits per heavy atom. The number of carbonyl (C=O) groups is 1. The zero-order valence-electron chi connectivity index (χ0n) is 11.8. The molecular formula is C14H14N6O2. The van der Waals surface area contributed by atoms with Crippen molar-refractivity contribution >= 4 is 28.7 Å². The zero-order chi connectivity index (χ0) is 15.5. The number of fused-ring (bicyclic) bond motifs is 1. The number of ether oxygens (including phenoxy) is 1. The first-order valence-corrected chi connectivity index (χ1v) is 6.58. The third-order valence-corrected chi connectivity index (χ3v) is 2.92. The van der Waals surface area contributed by atoms with E-state index in [2.05, 4.69) is 25.3 Å². The fraction of sp³-hybridized carbons (Fsp3) is 0.143. The number of carbonyl (C=O) groups excluding carboxylic acids is 1. The maximum absolute atomic E-state index is 11.0. The highest BCUT2D eigenvalue weighted by molar-refractivity contribution is 5.88. The van der Waals surface area contributed by atoms with Crippen LogP contribution in [-0.2, 0) is 11.4 Å². The number of imidazole rings is 1. The minimum atomic E-state index is -0.109. The number of rotatable bonds is 4. The van der Waals surface area contributed by atoms with Gasteiger partial charge in [0.1, 0.15) is 12.1 Å². The molecular weight excluding hydrogens is 284 g/mol. The molecule has 0 spiro atoms. The first-order chi connectivity index (χ1) is 10.6. The van der Waals surface area contributed by atoms with Crippen molar-refractivity contribution < 1.29 is 9.53 Å². The maximum atomic E-state index is 11.0. The number of nitrogens with two attached hydrogens (primary N) is 1. The molecule has 8 heteroatoms. The van der Waals surface area contributed by atoms with E-state index in [4.69, 9.17) is 10.5 Å². The van der Waals surface area contributed by atoms with Gasteiger partial charge in [-0.1, -0.05) is 12.1 Å². The number of H-pyrrole nitrogens is 1. The van der Waals surface area contributed by atoms with Crippen LogP contribution < -0.4 is 15.8 Å². The van der Waals surface area contributed by atoms with Crippen LogP contribution >= 0.6 is 0 Å². The van der Waals surface area contributed by atoms with Crippen LogP contribution in [0.4, 0.5) is 11.6 Å². The number of aromatic amines is 1. The van der Waals surface area contributed by atoms with E-state index in [0.29, 0.717) is 23.7 Å². The highest BCUT2D eigenvalue weighted by Gasteiger charge is 2.09. The molecule has 22 heavy (non-hydrogen) atoms. The van der Waals surface area contributed by atoms with Crippen molar-refractivity contribution in [1.82, 2.24) is 19.9 Å². The maximum Gasteiger partial charge on any atom is 0.245 e. The minimum Gasteiger partial charge on any atom is -0.471 e. The van der Waals surface area contributed by atoms with Gasteiger partial charge in [-0.15, -0.1) is 0 Å². The summed E-state index contributed by atoms with van der Waals surface area (Å²) >= 11 is 0. The monoisotopic (exact) mass is 298 g/mol. The Bertz CT molecular complexity index is 812. The van der Waals surface area contributed by atoms with Crippen LogP contribution in [0.3, 0.4) is 0 Å². The van der Waals surface area contributed by atoms with Crippen molar-refractivity contribution in [1.29, 1.82) is 0 Å². The predicted octanol–water partition coefficient (Wildman–Crippen LogP) is 1.47. The van der Waals surface area contributed by atoms with Gasteiger partial charge in [0.2, 0.25) is 17.7 Å². The fourth-order valence-corrected chi connectivity index (χ4v) is 1.97. The molecule has 3 rings (SSSR count). The Morgan fingerprint density at radius 3 is 2.82 bits per heavy atom. The van der Waals surface area contributed by atoms with Gasteiger partial charge in [0.05, 0.1) is 6.33 Å². The van der Waals surface area contributed by atoms with Gasteiger partial charge in [0.15, 0.2) is 5.65 Å². The molecule has 1 aromatic carbocycles. The van der Waals surface area contributed by atoms with E-state index in [1.54, 1.807) is 12.1 Å². The lowest BCUT2D eigenvalue weighted by atomic mass is 10.2. The molecule has 0 aliphatic heterocycles. The molecule has 4 N–H and O–H groups in total. The Balaban J connectivity index is 1.73. The van der Waals surface area contributed by atoms with Crippen LogP contribution in [0.1, 0.15) is 12.5 Å². The fourth-order valence-electron chi connectivity index (χ4n) is 1.97. The van der Waals surface area contributed by atoms with Crippen molar-refractivity contribution in [2.24, 2.45) is 0 Å². The van der Waals surface area contributed by atoms with Crippen LogP contribution in [0.25, 0.3) is 11.2 Å². The number of hydrogen-bond acceptors (Lipinski definition) is 6. The Morgan fingerprint density at radius 2 is 2.09 bits per heavy atom. The topological polar surface area (TPSA) is 119 Å². The Kier molecular flexibility index (Phi) is 3.57. The summed E-state index contributed by atoms with van der Waals surface area (Å²) < 4.78 is 5.68. The van der Waals surface area contributed by atoms with Gasteiger partial charge in [0.25, 0.3) is 0 Å². The summed E-state index contributed by atoms with van der Waals surface area (Å²) in [5.74, 6) is 0.351. The average Bonchev–Trinajstić information content (AvgIpc) is 2.93. The standard InChI is InChI=1S/C14H14N6O2/c1-8(21)18-10-4-2-9(3-5-10)6-22-13-11-12(17-7-16-11)19-14(15)20-13/h2-5,7H,6H2,1H3,(H,18,21)(H3,15,16,17,19,20). The van der Waals surface area contributed by atoms with E-state index in [9.17, 15) is 4.79 Å². The van der Waals surface area contributed by atoms with Gasteiger partial charge < -0.3 is 20.8 Å². The molecule has 0 atom stereocenters. The summed E-state index contributed by atoms with van der Waals surface area (Å²) in [7, 11) is 0. The van der Waals surface area contributed by atoms with Crippen LogP contribution in [0.2, 0.25) is 0 Å². The number of aromatic nitrogens is 4. The second-order valence-electron chi connectivity index (χ2n) is 4.65. The molecule has 0 saturated heterocycles. The van der Waals surface area contributed by atoms with Gasteiger partial charge in [-0.2, -0.15) is 9.97 Å². The molecule has 0 saturated carbocycles. The molecule has 3 aromatic rings. The predicted molar refractivity (Wildman–Crippen MR) is 81.2 cm³/mol. The lowest BCUT2D eigenvalue weighted by Crippen LogP contribution is -2.06. The summed E-state index contributed by atoms with van der Waals surface area (Å²) in [4.78, 5) is 26.0. The second-order valence-corrected chi connectivity index (χ2v) is 4.65. The summed E-state index contributed by atoms with van der Waals surface area (Å²) in [6.07, 6.45) is 1.51. The van der Waals surface area contributed by atoms with E-state index >= 15 is 0 Å². The van der Waals surface area contributed by atoms with Gasteiger partial charge in [-0.25, -0.2) is 4.98 Å². The van der Waals surface area contributed by atoms with Gasteiger partial charge in [-0.05, 0) is 17.7 Å². The van der Waals surface area contributed by atoms with Crippen molar-refractivity contribution in [3.63, 3.8) is 0 Å². The first-order valence-electron chi connectivity index (χ1n) is 6.58. The second kappa shape index (κ2) is 5.68. The molecule has 2 heterocycles. The summed E-state index contributed by atoms with van der Waals surface area (Å²) in [6.45, 7) is 1.77. The highest BCUT2D eigenvalue weighted by atomic mass is 16.5. The largest absolute Gasteiger partial charge is 0.471 e. The summed E-state index contributed by atoms with van der Waals surface area (Å²) in [6, 6.07) is 7.33. The van der Waals surface area contributed by atoms with Gasteiger partial charge in [-0.3, -0.25) is 4.79 Å². The Hall–Kier alpha value is -3.16. The number of nitrogen functional groups attached to an aromatic ring is 1. The van der Waals surface area contributed by atoms with E-state index in [1.807, 2.05) is 12.1 Å². The third kappa shape index (κ3) is 2.95. The van der Waals surface area contributed by atoms with Crippen molar-refractivity contribution in [3.8, 4) is 5.88 Å². The van der Waals surface area contributed by atoms with Crippen molar-refractivity contribution in [2.75, 3.05) is 11.1 Å². The SMILES string of the molecule is CC(=O)Nc1ccc(COc2nc(N)nc3nc[nH]c23)cc1. The highest BCUT2D eigenvalue weighted by Crippen LogP contribution is 2.21. The number of benzene rings is 1. The molecule has 0 unspecified atom stereocenters. The lowest BCUT2D eigenvalue weighted by Gasteiger charge is -2.07. The normalized spacial score (nSPS) is 10.6. The van der Waals surface area contributed by atoms with E-state index in [0.717, 1.165) is 11.3 Å². The molecule has 0 aliphatic rings. The van der Waals surface area contributed by atoms with E-state index in [-0.39, 0.29) is 11.9 Å². The quantitative estimate of drug-likeness (QED) is 0.671. The van der Waals surface area contributed by atoms with E-state index < -0.39 is 0 Å². The number of hydrogen-bond donors (Lipinski definition) is 3. The first kappa shape index (κ1) is 13.8. The lowest BCUT2D eigenvalue weighted by molar-refractivity contribution is -0.114. The Labute approximate surface area is 125 Å². The molecule has 8 nitrogen and oxygen atoms in total. The summed E-state index contributed by atoms with van der Waals surface area (Å²) in [5.41, 5.74) is 8.35. The van der Waals surface area contributed by atoms with Gasteiger partial charge >= 0.3 is 0 Å². The third-order valence-electron chi connectivity index (χ3n) is 2.92. The average molecular weight is 298 g/mol. The smallest absolute Gasteiger partial charge is 0.245 e. The van der Waals surface area contributed by atoms with Crippen LogP contribution in [0, 0.1) is 0 Å². The number of nitrogens with one attached hydrogen (secondary N) is 2. The molecule has 0 aliphatic carbocycles. The molecule has 0 radical (unpaired) electrons. The van der Waals surface area contributed by atoms with E-state index in [1.165, 1.54) is 13.3 Å². The van der Waals surface area contributed by atoms with Gasteiger partial charge in [0, 0.05) is 12.6 Å². The minimum absolute atomic E-state index is 0.107. The molecule has 0 fully saturated rings. The van der Waals surface area contributed by atoms with Crippen molar-refractivity contribution in [3.05, 3.63) is 36.2 Å². The molecule has 2 aromatic heterocycles. The number of amides is 1. The molecule has 112 valence electrons. The molecule has 1 amide bonds. The van der Waals surface area contributed by atoms with Crippen LogP contribution in [-0.4, -0.2) is 25.8 Å². The zero-order valence-corrected chi connectivity index (χ0v) is 11.8. The van der Waals surface area contributed by atoms with Crippen LogP contribution in [0.5, 0.6) is 5.88 Å². The molecule has 0 bridgehead atoms. The number of anilines is 2. The van der Waals surface area contributed by atoms with Crippen molar-refractivity contribution in [2.45, 2.75) is 13.5 Å². The number of nitrogens with zero attached hydrogens (tertiary/aromatic N) is 3. The van der Waals surface area contributed by atoms with Crippen LogP contribution in [0.15, 0.2) is 30.6 Å².